The summed E-state index contributed by atoms with van der Waals surface area (Å²) in [5.41, 5.74) is 6.44. The maximum atomic E-state index is 12.7. The molecule has 0 amide bonds. The number of rotatable bonds is 6. The zero-order chi connectivity index (χ0) is 14.2. The van der Waals surface area contributed by atoms with Crippen LogP contribution in [0.25, 0.3) is 0 Å². The van der Waals surface area contributed by atoms with Crippen LogP contribution in [0.4, 0.5) is 0 Å². The van der Waals surface area contributed by atoms with Gasteiger partial charge in [0.05, 0.1) is 0 Å². The molecule has 0 radical (unpaired) electrons. The van der Waals surface area contributed by atoms with Crippen molar-refractivity contribution in [2.75, 3.05) is 6.54 Å². The van der Waals surface area contributed by atoms with Crippen molar-refractivity contribution in [2.24, 2.45) is 18.7 Å². The SMILES string of the molecule is CC(C)CN(C1CC1)S(=O)(=O)c1cc(CN)n(C)c1. The molecule has 0 aromatic carbocycles. The standard InChI is InChI=1S/C13H23N3O2S/c1-10(2)8-16(11-4-5-11)19(17,18)13-6-12(7-14)15(3)9-13/h6,9-11H,4-5,7-8,14H2,1-3H3. The van der Waals surface area contributed by atoms with Crippen LogP contribution in [0.5, 0.6) is 0 Å². The quantitative estimate of drug-likeness (QED) is 0.856. The second-order valence-electron chi connectivity index (χ2n) is 5.68. The van der Waals surface area contributed by atoms with Gasteiger partial charge in [-0.1, -0.05) is 13.8 Å². The molecule has 1 aliphatic carbocycles. The zero-order valence-corrected chi connectivity index (χ0v) is 12.7. The summed E-state index contributed by atoms with van der Waals surface area (Å²) in [6.45, 7) is 5.02. The Hall–Kier alpha value is -0.850. The van der Waals surface area contributed by atoms with Gasteiger partial charge in [0.25, 0.3) is 0 Å². The maximum Gasteiger partial charge on any atom is 0.244 e. The molecule has 2 rings (SSSR count). The van der Waals surface area contributed by atoms with Crippen LogP contribution in [0.1, 0.15) is 32.4 Å². The van der Waals surface area contributed by atoms with Crippen molar-refractivity contribution in [3.8, 4) is 0 Å². The Balaban J connectivity index is 2.32. The molecule has 19 heavy (non-hydrogen) atoms. The first-order valence-electron chi connectivity index (χ1n) is 6.73. The molecule has 1 saturated carbocycles. The van der Waals surface area contributed by atoms with E-state index in [1.807, 2.05) is 20.9 Å². The normalized spacial score (nSPS) is 16.5. The fourth-order valence-corrected chi connectivity index (χ4v) is 4.17. The van der Waals surface area contributed by atoms with E-state index >= 15 is 0 Å². The van der Waals surface area contributed by atoms with E-state index in [0.717, 1.165) is 18.5 Å². The third-order valence-electron chi connectivity index (χ3n) is 3.40. The summed E-state index contributed by atoms with van der Waals surface area (Å²) in [5, 5.41) is 0. The Bertz CT molecular complexity index is 544. The summed E-state index contributed by atoms with van der Waals surface area (Å²) in [6, 6.07) is 1.87. The Morgan fingerprint density at radius 3 is 2.53 bits per heavy atom. The molecule has 1 aromatic rings. The Morgan fingerprint density at radius 1 is 1.47 bits per heavy atom. The zero-order valence-electron chi connectivity index (χ0n) is 11.8. The summed E-state index contributed by atoms with van der Waals surface area (Å²) >= 11 is 0. The van der Waals surface area contributed by atoms with Crippen molar-refractivity contribution in [3.63, 3.8) is 0 Å². The van der Waals surface area contributed by atoms with Gasteiger partial charge in [-0.25, -0.2) is 8.42 Å². The van der Waals surface area contributed by atoms with E-state index in [1.165, 1.54) is 0 Å². The van der Waals surface area contributed by atoms with Gasteiger partial charge >= 0.3 is 0 Å². The van der Waals surface area contributed by atoms with E-state index in [4.69, 9.17) is 5.73 Å². The minimum Gasteiger partial charge on any atom is -0.352 e. The molecule has 6 heteroatoms. The van der Waals surface area contributed by atoms with E-state index in [1.54, 1.807) is 21.1 Å². The lowest BCUT2D eigenvalue weighted by molar-refractivity contribution is 0.360. The molecule has 1 heterocycles. The van der Waals surface area contributed by atoms with Crippen molar-refractivity contribution >= 4 is 10.0 Å². The van der Waals surface area contributed by atoms with Gasteiger partial charge in [0, 0.05) is 38.1 Å². The van der Waals surface area contributed by atoms with E-state index in [-0.39, 0.29) is 6.04 Å². The van der Waals surface area contributed by atoms with E-state index in [0.29, 0.717) is 23.9 Å². The first-order chi connectivity index (χ1) is 8.86. The highest BCUT2D eigenvalue weighted by molar-refractivity contribution is 7.89. The molecule has 0 saturated heterocycles. The third-order valence-corrected chi connectivity index (χ3v) is 5.28. The minimum atomic E-state index is -3.39. The van der Waals surface area contributed by atoms with Crippen molar-refractivity contribution in [1.29, 1.82) is 0 Å². The molecule has 1 aliphatic rings. The van der Waals surface area contributed by atoms with Crippen LogP contribution in [0.2, 0.25) is 0 Å². The summed E-state index contributed by atoms with van der Waals surface area (Å²) in [7, 11) is -1.56. The van der Waals surface area contributed by atoms with Crippen LogP contribution in [0, 0.1) is 5.92 Å². The van der Waals surface area contributed by atoms with Crippen molar-refractivity contribution in [3.05, 3.63) is 18.0 Å². The van der Waals surface area contributed by atoms with Crippen LogP contribution in [-0.4, -0.2) is 29.9 Å². The number of sulfonamides is 1. The summed E-state index contributed by atoms with van der Waals surface area (Å²) in [5.74, 6) is 0.327. The molecule has 1 aromatic heterocycles. The molecule has 2 N–H and O–H groups in total. The predicted octanol–water partition coefficient (Wildman–Crippen LogP) is 1.29. The number of aromatic nitrogens is 1. The average molecular weight is 285 g/mol. The van der Waals surface area contributed by atoms with Crippen LogP contribution >= 0.6 is 0 Å². The van der Waals surface area contributed by atoms with Crippen LogP contribution < -0.4 is 5.73 Å². The van der Waals surface area contributed by atoms with Gasteiger partial charge in [0.2, 0.25) is 10.0 Å². The number of nitrogens with two attached hydrogens (primary N) is 1. The van der Waals surface area contributed by atoms with Gasteiger partial charge in [-0.05, 0) is 24.8 Å². The number of nitrogens with zero attached hydrogens (tertiary/aromatic N) is 2. The number of hydrogen-bond acceptors (Lipinski definition) is 3. The molecule has 5 nitrogen and oxygen atoms in total. The molecule has 0 unspecified atom stereocenters. The molecular formula is C13H23N3O2S. The molecule has 0 aliphatic heterocycles. The van der Waals surface area contributed by atoms with Gasteiger partial charge in [0.15, 0.2) is 0 Å². The van der Waals surface area contributed by atoms with Gasteiger partial charge in [-0.2, -0.15) is 4.31 Å². The molecule has 1 fully saturated rings. The summed E-state index contributed by atoms with van der Waals surface area (Å²) in [6.07, 6.45) is 3.61. The second-order valence-corrected chi connectivity index (χ2v) is 7.57. The van der Waals surface area contributed by atoms with E-state index in [2.05, 4.69) is 0 Å². The Kier molecular flexibility index (Phi) is 4.03. The minimum absolute atomic E-state index is 0.189. The number of hydrogen-bond donors (Lipinski definition) is 1. The first kappa shape index (κ1) is 14.6. The lowest BCUT2D eigenvalue weighted by atomic mass is 10.2. The van der Waals surface area contributed by atoms with Crippen LogP contribution in [0.3, 0.4) is 0 Å². The highest BCUT2D eigenvalue weighted by Crippen LogP contribution is 2.33. The Labute approximate surface area is 115 Å². The van der Waals surface area contributed by atoms with E-state index in [9.17, 15) is 8.42 Å². The molecule has 108 valence electrons. The van der Waals surface area contributed by atoms with Crippen molar-refractivity contribution in [1.82, 2.24) is 8.87 Å². The van der Waals surface area contributed by atoms with Crippen LogP contribution in [0.15, 0.2) is 17.2 Å². The predicted molar refractivity (Wildman–Crippen MR) is 75.1 cm³/mol. The molecule has 0 atom stereocenters. The first-order valence-corrected chi connectivity index (χ1v) is 8.17. The highest BCUT2D eigenvalue weighted by Gasteiger charge is 2.38. The topological polar surface area (TPSA) is 68.3 Å². The van der Waals surface area contributed by atoms with Crippen molar-refractivity contribution in [2.45, 2.75) is 44.2 Å². The fraction of sp³-hybridized carbons (Fsp3) is 0.692. The smallest absolute Gasteiger partial charge is 0.244 e. The lowest BCUT2D eigenvalue weighted by Crippen LogP contribution is -2.35. The highest BCUT2D eigenvalue weighted by atomic mass is 32.2. The van der Waals surface area contributed by atoms with Gasteiger partial charge in [-0.3, -0.25) is 0 Å². The third kappa shape index (κ3) is 3.01. The summed E-state index contributed by atoms with van der Waals surface area (Å²) in [4.78, 5) is 0.364. The van der Waals surface area contributed by atoms with E-state index < -0.39 is 10.0 Å². The van der Waals surface area contributed by atoms with Crippen molar-refractivity contribution < 1.29 is 8.42 Å². The van der Waals surface area contributed by atoms with Gasteiger partial charge < -0.3 is 10.3 Å². The van der Waals surface area contributed by atoms with Crippen LogP contribution in [-0.2, 0) is 23.6 Å². The largest absolute Gasteiger partial charge is 0.352 e. The number of aryl methyl sites for hydroxylation is 1. The monoisotopic (exact) mass is 285 g/mol. The molecular weight excluding hydrogens is 262 g/mol. The van der Waals surface area contributed by atoms with Gasteiger partial charge in [-0.15, -0.1) is 0 Å². The summed E-state index contributed by atoms with van der Waals surface area (Å²) < 4.78 is 28.9. The lowest BCUT2D eigenvalue weighted by Gasteiger charge is -2.23. The Morgan fingerprint density at radius 2 is 2.11 bits per heavy atom. The average Bonchev–Trinajstić information content (AvgIpc) is 3.08. The maximum absolute atomic E-state index is 12.7. The fourth-order valence-electron chi connectivity index (χ4n) is 2.22. The second kappa shape index (κ2) is 5.26. The molecule has 0 bridgehead atoms. The van der Waals surface area contributed by atoms with Gasteiger partial charge in [0.1, 0.15) is 4.90 Å². The molecule has 0 spiro atoms.